The number of thiazole rings is 1. The quantitative estimate of drug-likeness (QED) is 0.166. The zero-order valence-corrected chi connectivity index (χ0v) is 18.8. The molecular weight excluding hydrogens is 420 g/mol. The first-order valence-electron chi connectivity index (χ1n) is 11.1. The number of nitrogens with one attached hydrogen (secondary N) is 2. The van der Waals surface area contributed by atoms with E-state index in [1.165, 1.54) is 17.5 Å². The van der Waals surface area contributed by atoms with Crippen molar-refractivity contribution in [3.8, 4) is 0 Å². The van der Waals surface area contributed by atoms with Gasteiger partial charge in [-0.2, -0.15) is 0 Å². The second-order valence-electron chi connectivity index (χ2n) is 8.46. The summed E-state index contributed by atoms with van der Waals surface area (Å²) in [5.41, 5.74) is 3.95. The highest BCUT2D eigenvalue weighted by molar-refractivity contribution is 7.18. The van der Waals surface area contributed by atoms with Gasteiger partial charge in [0, 0.05) is 49.7 Å². The van der Waals surface area contributed by atoms with E-state index < -0.39 is 0 Å². The molecule has 166 valence electrons. The van der Waals surface area contributed by atoms with Gasteiger partial charge in [-0.25, -0.2) is 4.98 Å². The molecule has 0 radical (unpaired) electrons. The fourth-order valence-electron chi connectivity index (χ4n) is 4.12. The minimum atomic E-state index is 0.0909. The van der Waals surface area contributed by atoms with Crippen LogP contribution in [0.3, 0.4) is 0 Å². The zero-order valence-electron chi connectivity index (χ0n) is 18.0. The molecule has 1 aliphatic carbocycles. The first-order valence-corrected chi connectivity index (χ1v) is 11.9. The van der Waals surface area contributed by atoms with E-state index in [4.69, 9.17) is 16.2 Å². The third-order valence-corrected chi connectivity index (χ3v) is 7.13. The van der Waals surface area contributed by atoms with Crippen LogP contribution in [-0.4, -0.2) is 48.4 Å². The van der Waals surface area contributed by atoms with Gasteiger partial charge in [-0.1, -0.05) is 17.4 Å². The normalized spacial score (nSPS) is 17.3. The van der Waals surface area contributed by atoms with Gasteiger partial charge in [0.25, 0.3) is 0 Å². The Morgan fingerprint density at radius 1 is 1.16 bits per heavy atom. The third-order valence-electron chi connectivity index (χ3n) is 6.11. The molecule has 9 heteroatoms. The Kier molecular flexibility index (Phi) is 6.00. The Labute approximate surface area is 191 Å². The molecule has 2 aliphatic rings. The van der Waals surface area contributed by atoms with Gasteiger partial charge in [-0.05, 0) is 49.1 Å². The summed E-state index contributed by atoms with van der Waals surface area (Å²) < 4.78 is 1.24. The number of hydrogen-bond acceptors (Lipinski definition) is 7. The number of rotatable bonds is 7. The number of aromatic nitrogens is 1. The molecular formula is C23H28N8S. The predicted octanol–water partition coefficient (Wildman–Crippen LogP) is 4.09. The minimum absolute atomic E-state index is 0.0909. The molecule has 4 N–H and O–H groups in total. The molecule has 0 atom stereocenters. The molecule has 2 aromatic carbocycles. The van der Waals surface area contributed by atoms with Crippen molar-refractivity contribution >= 4 is 38.8 Å². The van der Waals surface area contributed by atoms with E-state index in [1.54, 1.807) is 11.3 Å². The Morgan fingerprint density at radius 3 is 2.72 bits per heavy atom. The van der Waals surface area contributed by atoms with Crippen molar-refractivity contribution in [3.05, 3.63) is 53.0 Å². The van der Waals surface area contributed by atoms with E-state index in [0.29, 0.717) is 0 Å². The molecule has 2 heterocycles. The lowest BCUT2D eigenvalue weighted by Crippen LogP contribution is -2.46. The van der Waals surface area contributed by atoms with Gasteiger partial charge in [0.2, 0.25) is 0 Å². The van der Waals surface area contributed by atoms with Crippen molar-refractivity contribution in [3.63, 3.8) is 0 Å². The van der Waals surface area contributed by atoms with Gasteiger partial charge >= 0.3 is 0 Å². The maximum atomic E-state index is 8.28. The number of fused-ring (bicyclic) bond motifs is 1. The summed E-state index contributed by atoms with van der Waals surface area (Å²) in [6.45, 7) is 5.55. The van der Waals surface area contributed by atoms with Gasteiger partial charge in [-0.3, -0.25) is 10.3 Å². The molecule has 0 spiro atoms. The SMILES string of the molecule is N=C(/N=N\N)c1ccc(NCC2CC2)cc1N1CCN(Cc2nc3ccccc3s2)CC1. The Balaban J connectivity index is 1.28. The maximum Gasteiger partial charge on any atom is 0.178 e. The molecule has 5 rings (SSSR count). The van der Waals surface area contributed by atoms with E-state index >= 15 is 0 Å². The summed E-state index contributed by atoms with van der Waals surface area (Å²) in [4.78, 5) is 9.58. The highest BCUT2D eigenvalue weighted by Crippen LogP contribution is 2.31. The van der Waals surface area contributed by atoms with Crippen LogP contribution >= 0.6 is 11.3 Å². The molecule has 3 aromatic rings. The summed E-state index contributed by atoms with van der Waals surface area (Å²) in [5, 5.41) is 20.1. The molecule has 1 aliphatic heterocycles. The summed E-state index contributed by atoms with van der Waals surface area (Å²) in [5.74, 6) is 6.10. The van der Waals surface area contributed by atoms with Crippen LogP contribution in [-0.2, 0) is 6.54 Å². The zero-order chi connectivity index (χ0) is 21.9. The highest BCUT2D eigenvalue weighted by atomic mass is 32.1. The van der Waals surface area contributed by atoms with Crippen LogP contribution in [0.4, 0.5) is 11.4 Å². The maximum absolute atomic E-state index is 8.28. The van der Waals surface area contributed by atoms with Crippen LogP contribution in [0, 0.1) is 11.3 Å². The molecule has 1 aromatic heterocycles. The summed E-state index contributed by atoms with van der Waals surface area (Å²) in [7, 11) is 0. The van der Waals surface area contributed by atoms with Crippen molar-refractivity contribution in [1.82, 2.24) is 9.88 Å². The van der Waals surface area contributed by atoms with E-state index in [0.717, 1.165) is 72.6 Å². The van der Waals surface area contributed by atoms with Crippen molar-refractivity contribution in [1.29, 1.82) is 5.41 Å². The Morgan fingerprint density at radius 2 is 1.97 bits per heavy atom. The highest BCUT2D eigenvalue weighted by Gasteiger charge is 2.23. The summed E-state index contributed by atoms with van der Waals surface area (Å²) in [6.07, 6.45) is 2.63. The number of piperazine rings is 1. The van der Waals surface area contributed by atoms with Gasteiger partial charge in [-0.15, -0.1) is 16.5 Å². The Bertz CT molecular complexity index is 1090. The molecule has 2 fully saturated rings. The van der Waals surface area contributed by atoms with Crippen LogP contribution in [0.5, 0.6) is 0 Å². The summed E-state index contributed by atoms with van der Waals surface area (Å²) in [6, 6.07) is 14.4. The van der Waals surface area contributed by atoms with Gasteiger partial charge < -0.3 is 16.1 Å². The lowest BCUT2D eigenvalue weighted by Gasteiger charge is -2.36. The Hall–Kier alpha value is -3.04. The van der Waals surface area contributed by atoms with E-state index in [2.05, 4.69) is 49.7 Å². The topological polar surface area (TPSA) is 106 Å². The second-order valence-corrected chi connectivity index (χ2v) is 9.57. The van der Waals surface area contributed by atoms with Crippen molar-refractivity contribution < 1.29 is 0 Å². The van der Waals surface area contributed by atoms with Crippen LogP contribution in [0.15, 0.2) is 52.8 Å². The molecule has 0 amide bonds. The number of hydrogen-bond donors (Lipinski definition) is 3. The van der Waals surface area contributed by atoms with Crippen LogP contribution < -0.4 is 16.1 Å². The lowest BCUT2D eigenvalue weighted by atomic mass is 10.1. The first-order chi connectivity index (χ1) is 15.7. The number of amidine groups is 1. The van der Waals surface area contributed by atoms with E-state index in [-0.39, 0.29) is 5.84 Å². The third kappa shape index (κ3) is 4.73. The van der Waals surface area contributed by atoms with Crippen LogP contribution in [0.2, 0.25) is 0 Å². The van der Waals surface area contributed by atoms with Crippen molar-refractivity contribution in [2.24, 2.45) is 22.1 Å². The van der Waals surface area contributed by atoms with Gasteiger partial charge in [0.05, 0.1) is 16.8 Å². The van der Waals surface area contributed by atoms with E-state index in [9.17, 15) is 0 Å². The lowest BCUT2D eigenvalue weighted by molar-refractivity contribution is 0.249. The van der Waals surface area contributed by atoms with Crippen LogP contribution in [0.25, 0.3) is 10.2 Å². The average Bonchev–Trinajstić information content (AvgIpc) is 3.56. The molecule has 0 bridgehead atoms. The smallest absolute Gasteiger partial charge is 0.178 e. The minimum Gasteiger partial charge on any atom is -0.385 e. The van der Waals surface area contributed by atoms with Gasteiger partial charge in [0.1, 0.15) is 5.01 Å². The molecule has 32 heavy (non-hydrogen) atoms. The number of nitrogens with zero attached hydrogens (tertiary/aromatic N) is 5. The number of para-hydroxylation sites is 1. The largest absolute Gasteiger partial charge is 0.385 e. The monoisotopic (exact) mass is 448 g/mol. The summed E-state index contributed by atoms with van der Waals surface area (Å²) >= 11 is 1.78. The van der Waals surface area contributed by atoms with Crippen LogP contribution in [0.1, 0.15) is 23.4 Å². The molecule has 8 nitrogen and oxygen atoms in total. The first kappa shape index (κ1) is 20.8. The number of benzene rings is 2. The average molecular weight is 449 g/mol. The number of anilines is 2. The van der Waals surface area contributed by atoms with Crippen molar-refractivity contribution in [2.75, 3.05) is 42.9 Å². The van der Waals surface area contributed by atoms with Crippen molar-refractivity contribution in [2.45, 2.75) is 19.4 Å². The standard InChI is InChI=1S/C23H28N8S/c24-23(28-29-25)18-8-7-17(26-14-16-5-6-16)13-20(18)31-11-9-30(10-12-31)15-22-27-19-3-1-2-4-21(19)32-22/h1-4,7-8,13,16,26H,5-6,9-12,14-15H2,(H3,24,25,28). The molecule has 1 saturated carbocycles. The fourth-order valence-corrected chi connectivity index (χ4v) is 5.13. The fraction of sp³-hybridized carbons (Fsp3) is 0.391. The van der Waals surface area contributed by atoms with Gasteiger partial charge in [0.15, 0.2) is 5.84 Å². The molecule has 0 unspecified atom stereocenters. The molecule has 1 saturated heterocycles. The van der Waals surface area contributed by atoms with E-state index in [1.807, 2.05) is 18.2 Å². The number of nitrogens with two attached hydrogens (primary N) is 1. The predicted molar refractivity (Wildman–Crippen MR) is 131 cm³/mol. The second kappa shape index (κ2) is 9.22.